The molecular formula is C9H12BrNO2S. The number of benzene rings is 1. The normalized spacial score (nSPS) is 11.6. The molecule has 0 spiro atoms. The van der Waals surface area contributed by atoms with E-state index in [0.29, 0.717) is 6.42 Å². The lowest BCUT2D eigenvalue weighted by Gasteiger charge is -2.00. The number of nitrogens with two attached hydrogens (primary N) is 1. The molecule has 0 heterocycles. The Morgan fingerprint density at radius 3 is 2.64 bits per heavy atom. The molecule has 0 aliphatic carbocycles. The number of rotatable bonds is 4. The molecule has 0 atom stereocenters. The molecule has 0 aliphatic rings. The van der Waals surface area contributed by atoms with Crippen molar-refractivity contribution in [3.63, 3.8) is 0 Å². The lowest BCUT2D eigenvalue weighted by Crippen LogP contribution is -2.16. The van der Waals surface area contributed by atoms with Crippen molar-refractivity contribution >= 4 is 26.0 Å². The van der Waals surface area contributed by atoms with Crippen molar-refractivity contribution in [1.29, 1.82) is 0 Å². The van der Waals surface area contributed by atoms with E-state index in [2.05, 4.69) is 15.9 Å². The summed E-state index contributed by atoms with van der Waals surface area (Å²) in [5, 5.41) is 4.89. The minimum absolute atomic E-state index is 0.0412. The van der Waals surface area contributed by atoms with Crippen LogP contribution in [-0.2, 0) is 16.4 Å². The van der Waals surface area contributed by atoms with Crippen molar-refractivity contribution < 1.29 is 8.42 Å². The Labute approximate surface area is 92.5 Å². The van der Waals surface area contributed by atoms with Gasteiger partial charge in [-0.05, 0) is 30.5 Å². The summed E-state index contributed by atoms with van der Waals surface area (Å²) >= 11 is 3.35. The van der Waals surface area contributed by atoms with E-state index < -0.39 is 10.0 Å². The van der Waals surface area contributed by atoms with E-state index in [4.69, 9.17) is 5.14 Å². The predicted molar refractivity (Wildman–Crippen MR) is 60.4 cm³/mol. The molecule has 78 valence electrons. The van der Waals surface area contributed by atoms with Gasteiger partial charge >= 0.3 is 0 Å². The molecule has 0 saturated heterocycles. The Kier molecular flexibility index (Phi) is 4.10. The molecule has 0 saturated carbocycles. The minimum atomic E-state index is -3.32. The van der Waals surface area contributed by atoms with Gasteiger partial charge in [-0.25, -0.2) is 13.6 Å². The van der Waals surface area contributed by atoms with Gasteiger partial charge in [-0.15, -0.1) is 0 Å². The van der Waals surface area contributed by atoms with Gasteiger partial charge in [0.15, 0.2) is 0 Å². The van der Waals surface area contributed by atoms with Crippen LogP contribution in [0.15, 0.2) is 28.7 Å². The van der Waals surface area contributed by atoms with Crippen LogP contribution in [0.4, 0.5) is 0 Å². The molecule has 1 aromatic carbocycles. The second-order valence-electron chi connectivity index (χ2n) is 3.10. The van der Waals surface area contributed by atoms with Crippen molar-refractivity contribution in [3.05, 3.63) is 34.3 Å². The highest BCUT2D eigenvalue weighted by Crippen LogP contribution is 2.12. The highest BCUT2D eigenvalue weighted by atomic mass is 79.9. The second-order valence-corrected chi connectivity index (χ2v) is 5.75. The van der Waals surface area contributed by atoms with Gasteiger partial charge in [-0.2, -0.15) is 0 Å². The molecule has 0 aliphatic heterocycles. The summed E-state index contributed by atoms with van der Waals surface area (Å²) in [6.07, 6.45) is 1.30. The Hall–Kier alpha value is -0.390. The quantitative estimate of drug-likeness (QED) is 0.910. The lowest BCUT2D eigenvalue weighted by molar-refractivity contribution is 0.595. The molecule has 0 bridgehead atoms. The van der Waals surface area contributed by atoms with Crippen LogP contribution >= 0.6 is 15.9 Å². The summed E-state index contributed by atoms with van der Waals surface area (Å²) in [7, 11) is -3.32. The van der Waals surface area contributed by atoms with Crippen LogP contribution in [0.25, 0.3) is 0 Å². The summed E-state index contributed by atoms with van der Waals surface area (Å²) in [6, 6.07) is 7.80. The first-order chi connectivity index (χ1) is 6.47. The van der Waals surface area contributed by atoms with Crippen LogP contribution in [0.5, 0.6) is 0 Å². The lowest BCUT2D eigenvalue weighted by atomic mass is 10.1. The van der Waals surface area contributed by atoms with Crippen molar-refractivity contribution in [2.45, 2.75) is 12.8 Å². The molecule has 2 N–H and O–H groups in total. The van der Waals surface area contributed by atoms with Crippen molar-refractivity contribution in [3.8, 4) is 0 Å². The average Bonchev–Trinajstić information content (AvgIpc) is 2.01. The van der Waals surface area contributed by atoms with E-state index >= 15 is 0 Å². The fourth-order valence-electron chi connectivity index (χ4n) is 1.17. The minimum Gasteiger partial charge on any atom is -0.229 e. The third kappa shape index (κ3) is 4.74. The zero-order valence-corrected chi connectivity index (χ0v) is 10.0. The number of hydrogen-bond acceptors (Lipinski definition) is 2. The van der Waals surface area contributed by atoms with Gasteiger partial charge in [0, 0.05) is 4.47 Å². The first-order valence-corrected chi connectivity index (χ1v) is 6.73. The van der Waals surface area contributed by atoms with Gasteiger partial charge < -0.3 is 0 Å². The average molecular weight is 278 g/mol. The topological polar surface area (TPSA) is 60.2 Å². The maximum absolute atomic E-state index is 10.7. The molecule has 0 radical (unpaired) electrons. The van der Waals surface area contributed by atoms with E-state index in [9.17, 15) is 8.42 Å². The standard InChI is InChI=1S/C9H12BrNO2S/c10-9-5-1-3-8(7-9)4-2-6-14(11,12)13/h1,3,5,7H,2,4,6H2,(H2,11,12,13). The van der Waals surface area contributed by atoms with Crippen LogP contribution in [0.3, 0.4) is 0 Å². The molecule has 5 heteroatoms. The van der Waals surface area contributed by atoms with Gasteiger partial charge in [0.2, 0.25) is 10.0 Å². The van der Waals surface area contributed by atoms with Gasteiger partial charge in [-0.1, -0.05) is 28.1 Å². The van der Waals surface area contributed by atoms with Crippen molar-refractivity contribution in [2.24, 2.45) is 5.14 Å². The molecule has 1 rings (SSSR count). The fraction of sp³-hybridized carbons (Fsp3) is 0.333. The number of sulfonamides is 1. The van der Waals surface area contributed by atoms with Gasteiger partial charge in [0.25, 0.3) is 0 Å². The van der Waals surface area contributed by atoms with Crippen LogP contribution in [0.2, 0.25) is 0 Å². The van der Waals surface area contributed by atoms with Crippen LogP contribution in [0.1, 0.15) is 12.0 Å². The monoisotopic (exact) mass is 277 g/mol. The number of aryl methyl sites for hydroxylation is 1. The zero-order chi connectivity index (χ0) is 10.6. The molecule has 0 fully saturated rings. The second kappa shape index (κ2) is 4.91. The summed E-state index contributed by atoms with van der Waals surface area (Å²) in [6.45, 7) is 0. The maximum atomic E-state index is 10.7. The molecule has 1 aromatic rings. The van der Waals surface area contributed by atoms with E-state index in [1.165, 1.54) is 0 Å². The Balaban J connectivity index is 2.47. The molecule has 14 heavy (non-hydrogen) atoms. The van der Waals surface area contributed by atoms with Crippen LogP contribution in [-0.4, -0.2) is 14.2 Å². The van der Waals surface area contributed by atoms with Crippen LogP contribution < -0.4 is 5.14 Å². The molecular weight excluding hydrogens is 266 g/mol. The molecule has 0 unspecified atom stereocenters. The third-order valence-corrected chi connectivity index (χ3v) is 3.13. The van der Waals surface area contributed by atoms with Crippen molar-refractivity contribution in [2.75, 3.05) is 5.75 Å². The third-order valence-electron chi connectivity index (χ3n) is 1.78. The summed E-state index contributed by atoms with van der Waals surface area (Å²) < 4.78 is 22.3. The predicted octanol–water partition coefficient (Wildman–Crippen LogP) is 1.67. The Morgan fingerprint density at radius 1 is 1.36 bits per heavy atom. The highest BCUT2D eigenvalue weighted by Gasteiger charge is 2.02. The fourth-order valence-corrected chi connectivity index (χ4v) is 2.16. The number of hydrogen-bond donors (Lipinski definition) is 1. The van der Waals surface area contributed by atoms with Gasteiger partial charge in [0.1, 0.15) is 0 Å². The maximum Gasteiger partial charge on any atom is 0.209 e. The van der Waals surface area contributed by atoms with Gasteiger partial charge in [0.05, 0.1) is 5.75 Å². The van der Waals surface area contributed by atoms with E-state index in [1.807, 2.05) is 24.3 Å². The zero-order valence-electron chi connectivity index (χ0n) is 7.61. The largest absolute Gasteiger partial charge is 0.229 e. The first-order valence-electron chi connectivity index (χ1n) is 4.22. The van der Waals surface area contributed by atoms with Gasteiger partial charge in [-0.3, -0.25) is 0 Å². The highest BCUT2D eigenvalue weighted by molar-refractivity contribution is 9.10. The van der Waals surface area contributed by atoms with Crippen molar-refractivity contribution in [1.82, 2.24) is 0 Å². The molecule has 0 amide bonds. The van der Waals surface area contributed by atoms with E-state index in [-0.39, 0.29) is 5.75 Å². The molecule has 0 aromatic heterocycles. The van der Waals surface area contributed by atoms with E-state index in [1.54, 1.807) is 0 Å². The SMILES string of the molecule is NS(=O)(=O)CCCc1cccc(Br)c1. The smallest absolute Gasteiger partial charge is 0.209 e. The first kappa shape index (κ1) is 11.7. The Morgan fingerprint density at radius 2 is 2.07 bits per heavy atom. The molecule has 3 nitrogen and oxygen atoms in total. The summed E-state index contributed by atoms with van der Waals surface area (Å²) in [4.78, 5) is 0. The van der Waals surface area contributed by atoms with Crippen LogP contribution in [0, 0.1) is 0 Å². The number of primary sulfonamides is 1. The Bertz CT molecular complexity index is 403. The van der Waals surface area contributed by atoms with E-state index in [0.717, 1.165) is 16.5 Å². The number of halogens is 1. The summed E-state index contributed by atoms with van der Waals surface area (Å²) in [5.41, 5.74) is 1.11. The summed E-state index contributed by atoms with van der Waals surface area (Å²) in [5.74, 6) is 0.0412.